The van der Waals surface area contributed by atoms with Gasteiger partial charge in [-0.3, -0.25) is 9.59 Å². The lowest BCUT2D eigenvalue weighted by Gasteiger charge is -2.09. The maximum absolute atomic E-state index is 12.4. The van der Waals surface area contributed by atoms with Crippen molar-refractivity contribution in [1.82, 2.24) is 0 Å². The first-order valence-electron chi connectivity index (χ1n) is 8.72. The zero-order valence-corrected chi connectivity index (χ0v) is 17.4. The molecule has 148 valence electrons. The van der Waals surface area contributed by atoms with Crippen LogP contribution in [0.1, 0.15) is 22.3 Å². The van der Waals surface area contributed by atoms with E-state index in [-0.39, 0.29) is 18.3 Å². The van der Waals surface area contributed by atoms with Gasteiger partial charge < -0.3 is 10.1 Å². The maximum Gasteiger partial charge on any atom is 0.311 e. The van der Waals surface area contributed by atoms with E-state index < -0.39 is 0 Å². The van der Waals surface area contributed by atoms with Gasteiger partial charge in [-0.15, -0.1) is 0 Å². The van der Waals surface area contributed by atoms with Crippen molar-refractivity contribution in [3.05, 3.63) is 92.9 Å². The zero-order valence-electron chi connectivity index (χ0n) is 15.1. The molecule has 0 unspecified atom stereocenters. The zero-order chi connectivity index (χ0) is 20.8. The maximum atomic E-state index is 12.4. The molecule has 0 atom stereocenters. The van der Waals surface area contributed by atoms with Crippen LogP contribution in [0.2, 0.25) is 15.1 Å². The summed E-state index contributed by atoms with van der Waals surface area (Å²) in [7, 11) is 0. The van der Waals surface area contributed by atoms with E-state index in [2.05, 4.69) is 5.32 Å². The lowest BCUT2D eigenvalue weighted by molar-refractivity contribution is -0.134. The first kappa shape index (κ1) is 21.2. The Morgan fingerprint density at radius 2 is 1.59 bits per heavy atom. The molecule has 0 fully saturated rings. The summed E-state index contributed by atoms with van der Waals surface area (Å²) in [6.45, 7) is 0. The molecule has 0 saturated heterocycles. The van der Waals surface area contributed by atoms with Crippen molar-refractivity contribution >= 4 is 52.4 Å². The number of nitrogens with one attached hydrogen (secondary N) is 1. The van der Waals surface area contributed by atoms with E-state index in [4.69, 9.17) is 39.5 Å². The third-order valence-corrected chi connectivity index (χ3v) is 4.83. The van der Waals surface area contributed by atoms with Crippen molar-refractivity contribution in [2.75, 3.05) is 5.32 Å². The second-order valence-corrected chi connectivity index (χ2v) is 7.49. The molecule has 0 spiro atoms. The summed E-state index contributed by atoms with van der Waals surface area (Å²) in [5, 5.41) is 4.17. The van der Waals surface area contributed by atoms with Gasteiger partial charge in [0, 0.05) is 22.0 Å². The summed E-state index contributed by atoms with van der Waals surface area (Å²) in [5.74, 6) is -0.362. The van der Waals surface area contributed by atoms with Crippen LogP contribution in [-0.4, -0.2) is 11.9 Å². The molecule has 0 heterocycles. The van der Waals surface area contributed by atoms with Gasteiger partial charge in [-0.1, -0.05) is 46.9 Å². The van der Waals surface area contributed by atoms with Crippen LogP contribution < -0.4 is 10.1 Å². The van der Waals surface area contributed by atoms with E-state index in [1.165, 1.54) is 0 Å². The Bertz CT molecular complexity index is 1040. The number of rotatable bonds is 6. The largest absolute Gasteiger partial charge is 0.427 e. The van der Waals surface area contributed by atoms with Crippen molar-refractivity contribution < 1.29 is 14.3 Å². The first-order chi connectivity index (χ1) is 13.9. The summed E-state index contributed by atoms with van der Waals surface area (Å²) in [4.78, 5) is 24.4. The van der Waals surface area contributed by atoms with Crippen LogP contribution in [0.15, 0.2) is 66.7 Å². The molecule has 29 heavy (non-hydrogen) atoms. The minimum Gasteiger partial charge on any atom is -0.427 e. The molecule has 0 aliphatic rings. The van der Waals surface area contributed by atoms with Gasteiger partial charge in [0.2, 0.25) is 0 Å². The predicted octanol–water partition coefficient (Wildman–Crippen LogP) is 6.44. The monoisotopic (exact) mass is 447 g/mol. The van der Waals surface area contributed by atoms with Gasteiger partial charge >= 0.3 is 5.97 Å². The van der Waals surface area contributed by atoms with Gasteiger partial charge in [-0.05, 0) is 66.6 Å². The number of halogens is 3. The lowest BCUT2D eigenvalue weighted by Crippen LogP contribution is -2.13. The topological polar surface area (TPSA) is 55.4 Å². The SMILES string of the molecule is O=C(CCc1cccc(Cl)c1)Oc1ccc(C(=O)Nc2cc(Cl)ccc2Cl)cc1. The summed E-state index contributed by atoms with van der Waals surface area (Å²) in [5.41, 5.74) is 1.77. The van der Waals surface area contributed by atoms with Crippen LogP contribution in [0.5, 0.6) is 5.75 Å². The summed E-state index contributed by atoms with van der Waals surface area (Å²) >= 11 is 17.9. The molecule has 3 rings (SSSR count). The lowest BCUT2D eigenvalue weighted by atomic mass is 10.1. The number of hydrogen-bond donors (Lipinski definition) is 1. The van der Waals surface area contributed by atoms with Crippen molar-refractivity contribution in [3.8, 4) is 5.75 Å². The first-order valence-corrected chi connectivity index (χ1v) is 9.86. The summed E-state index contributed by atoms with van der Waals surface area (Å²) in [6, 6.07) is 18.4. The van der Waals surface area contributed by atoms with Crippen LogP contribution in [0.4, 0.5) is 5.69 Å². The summed E-state index contributed by atoms with van der Waals surface area (Å²) in [6.07, 6.45) is 0.746. The van der Waals surface area contributed by atoms with E-state index in [1.807, 2.05) is 18.2 Å². The van der Waals surface area contributed by atoms with Crippen molar-refractivity contribution in [3.63, 3.8) is 0 Å². The fourth-order valence-corrected chi connectivity index (χ4v) is 3.13. The van der Waals surface area contributed by atoms with Crippen molar-refractivity contribution in [1.29, 1.82) is 0 Å². The molecular weight excluding hydrogens is 433 g/mol. The molecule has 0 bridgehead atoms. The smallest absolute Gasteiger partial charge is 0.311 e. The molecular formula is C22H16Cl3NO3. The molecule has 1 amide bonds. The molecule has 0 saturated carbocycles. The van der Waals surface area contributed by atoms with E-state index in [0.29, 0.717) is 38.5 Å². The Labute approximate surface area is 183 Å². The normalized spacial score (nSPS) is 10.4. The number of ether oxygens (including phenoxy) is 1. The second kappa shape index (κ2) is 9.79. The van der Waals surface area contributed by atoms with Crippen LogP contribution >= 0.6 is 34.8 Å². The second-order valence-electron chi connectivity index (χ2n) is 6.21. The van der Waals surface area contributed by atoms with Gasteiger partial charge in [-0.25, -0.2) is 0 Å². The average molecular weight is 449 g/mol. The number of benzene rings is 3. The molecule has 0 radical (unpaired) electrons. The third kappa shape index (κ3) is 6.23. The summed E-state index contributed by atoms with van der Waals surface area (Å²) < 4.78 is 5.31. The Hall–Kier alpha value is -2.53. The highest BCUT2D eigenvalue weighted by Gasteiger charge is 2.11. The quantitative estimate of drug-likeness (QED) is 0.349. The number of anilines is 1. The minimum absolute atomic E-state index is 0.218. The molecule has 4 nitrogen and oxygen atoms in total. The van der Waals surface area contributed by atoms with Crippen molar-refractivity contribution in [2.45, 2.75) is 12.8 Å². The van der Waals surface area contributed by atoms with Crippen molar-refractivity contribution in [2.24, 2.45) is 0 Å². The Balaban J connectivity index is 1.56. The predicted molar refractivity (Wildman–Crippen MR) is 116 cm³/mol. The number of amides is 1. The average Bonchev–Trinajstić information content (AvgIpc) is 2.70. The van der Waals surface area contributed by atoms with Gasteiger partial charge in [-0.2, -0.15) is 0 Å². The fourth-order valence-electron chi connectivity index (χ4n) is 2.58. The fraction of sp³-hybridized carbons (Fsp3) is 0.0909. The Kier molecular flexibility index (Phi) is 7.15. The van der Waals surface area contributed by atoms with Gasteiger partial charge in [0.25, 0.3) is 5.91 Å². The Morgan fingerprint density at radius 3 is 2.31 bits per heavy atom. The number of carbonyl (C=O) groups is 2. The van der Waals surface area contributed by atoms with Crippen LogP contribution in [0, 0.1) is 0 Å². The van der Waals surface area contributed by atoms with Gasteiger partial charge in [0.15, 0.2) is 0 Å². The highest BCUT2D eigenvalue weighted by atomic mass is 35.5. The number of hydrogen-bond acceptors (Lipinski definition) is 3. The molecule has 0 aliphatic heterocycles. The van der Waals surface area contributed by atoms with Gasteiger partial charge in [0.1, 0.15) is 5.75 Å². The van der Waals surface area contributed by atoms with E-state index >= 15 is 0 Å². The molecule has 3 aromatic rings. The van der Waals surface area contributed by atoms with E-state index in [1.54, 1.807) is 48.5 Å². The van der Waals surface area contributed by atoms with E-state index in [9.17, 15) is 9.59 Å². The molecule has 1 N–H and O–H groups in total. The molecule has 0 aromatic heterocycles. The highest BCUT2D eigenvalue weighted by molar-refractivity contribution is 6.35. The molecule has 7 heteroatoms. The third-order valence-electron chi connectivity index (χ3n) is 4.03. The van der Waals surface area contributed by atoms with Gasteiger partial charge in [0.05, 0.1) is 10.7 Å². The van der Waals surface area contributed by atoms with Crippen LogP contribution in [0.25, 0.3) is 0 Å². The number of carbonyl (C=O) groups excluding carboxylic acids is 2. The number of esters is 1. The van der Waals surface area contributed by atoms with Crippen LogP contribution in [0.3, 0.4) is 0 Å². The highest BCUT2D eigenvalue weighted by Crippen LogP contribution is 2.26. The molecule has 3 aromatic carbocycles. The van der Waals surface area contributed by atoms with E-state index in [0.717, 1.165) is 5.56 Å². The molecule has 0 aliphatic carbocycles. The minimum atomic E-state index is -0.368. The van der Waals surface area contributed by atoms with Crippen LogP contribution in [-0.2, 0) is 11.2 Å². The Morgan fingerprint density at radius 1 is 0.862 bits per heavy atom. The standard InChI is InChI=1S/C22H16Cl3NO3/c23-16-3-1-2-14(12-16)4-11-21(27)29-18-8-5-15(6-9-18)22(28)26-20-13-17(24)7-10-19(20)25/h1-3,5-10,12-13H,4,11H2,(H,26,28). The number of aryl methyl sites for hydroxylation is 1.